The third-order valence-corrected chi connectivity index (χ3v) is 1.82. The zero-order valence-corrected chi connectivity index (χ0v) is 7.48. The van der Waals surface area contributed by atoms with Gasteiger partial charge in [-0.3, -0.25) is 0 Å². The molecule has 0 spiro atoms. The number of hydrogen-bond acceptors (Lipinski definition) is 0. The van der Waals surface area contributed by atoms with Crippen LogP contribution < -0.4 is 0 Å². The van der Waals surface area contributed by atoms with Gasteiger partial charge in [-0.2, -0.15) is 13.2 Å². The van der Waals surface area contributed by atoms with Crippen LogP contribution in [0.2, 0.25) is 0 Å². The second-order valence-electron chi connectivity index (χ2n) is 2.01. The van der Waals surface area contributed by atoms with Crippen LogP contribution >= 0.6 is 22.6 Å². The molecule has 0 fully saturated rings. The van der Waals surface area contributed by atoms with Gasteiger partial charge in [0.1, 0.15) is 0 Å². The summed E-state index contributed by atoms with van der Waals surface area (Å²) in [5, 5.41) is 0. The second kappa shape index (κ2) is 3.00. The molecule has 0 saturated carbocycles. The Hall–Kier alpha value is -0.260. The molecule has 1 aromatic carbocycles. The Bertz CT molecular complexity index is 254. The summed E-state index contributed by atoms with van der Waals surface area (Å²) in [6, 6.07) is 5.18. The van der Waals surface area contributed by atoms with Crippen LogP contribution in [0.4, 0.5) is 13.2 Å². The lowest BCUT2D eigenvalue weighted by molar-refractivity contribution is -0.137. The minimum Gasteiger partial charge on any atom is -0.166 e. The smallest absolute Gasteiger partial charge is 0.166 e. The Labute approximate surface area is 75.6 Å². The van der Waals surface area contributed by atoms with Crippen LogP contribution in [-0.4, -0.2) is 0 Å². The summed E-state index contributed by atoms with van der Waals surface area (Å²) in [7, 11) is 0. The third-order valence-electron chi connectivity index (χ3n) is 1.15. The van der Waals surface area contributed by atoms with E-state index in [4.69, 9.17) is 0 Å². The van der Waals surface area contributed by atoms with Crippen LogP contribution in [0.25, 0.3) is 0 Å². The van der Waals surface area contributed by atoms with Crippen LogP contribution in [0.5, 0.6) is 0 Å². The van der Waals surface area contributed by atoms with Gasteiger partial charge in [-0.05, 0) is 40.8 Å². The number of hydrogen-bond donors (Lipinski definition) is 0. The van der Waals surface area contributed by atoms with Crippen molar-refractivity contribution in [3.05, 3.63) is 33.4 Å². The van der Waals surface area contributed by atoms with E-state index < -0.39 is 11.7 Å². The maximum atomic E-state index is 12.0. The first kappa shape index (κ1) is 8.83. The highest BCUT2D eigenvalue weighted by molar-refractivity contribution is 14.1. The Kier molecular flexibility index (Phi) is 2.41. The van der Waals surface area contributed by atoms with Gasteiger partial charge >= 0.3 is 6.18 Å². The van der Waals surface area contributed by atoms with E-state index in [1.807, 2.05) is 22.6 Å². The minimum atomic E-state index is -4.22. The van der Waals surface area contributed by atoms with Crippen molar-refractivity contribution in [3.8, 4) is 0 Å². The van der Waals surface area contributed by atoms with Gasteiger partial charge in [0.15, 0.2) is 0 Å². The van der Waals surface area contributed by atoms with Crippen molar-refractivity contribution < 1.29 is 13.2 Å². The van der Waals surface area contributed by atoms with Crippen molar-refractivity contribution in [2.24, 2.45) is 0 Å². The molecule has 0 aromatic heterocycles. The molecule has 0 atom stereocenters. The van der Waals surface area contributed by atoms with Gasteiger partial charge in [0.2, 0.25) is 0 Å². The first-order valence-corrected chi connectivity index (χ1v) is 3.91. The predicted molar refractivity (Wildman–Crippen MR) is 44.2 cm³/mol. The molecule has 0 aliphatic carbocycles. The number of alkyl halides is 3. The highest BCUT2D eigenvalue weighted by Gasteiger charge is 2.30. The first-order valence-electron chi connectivity index (χ1n) is 2.83. The Morgan fingerprint density at radius 3 is 2.18 bits per heavy atom. The van der Waals surface area contributed by atoms with E-state index >= 15 is 0 Å². The Morgan fingerprint density at radius 2 is 1.82 bits per heavy atom. The molecule has 0 nitrogen and oxygen atoms in total. The molecule has 0 radical (unpaired) electrons. The number of halogens is 4. The molecule has 0 aliphatic rings. The van der Waals surface area contributed by atoms with Gasteiger partial charge in [-0.25, -0.2) is 0 Å². The Morgan fingerprint density at radius 1 is 1.18 bits per heavy atom. The summed E-state index contributed by atoms with van der Waals surface area (Å²) in [5.41, 5.74) is -0.593. The van der Waals surface area contributed by atoms with Crippen molar-refractivity contribution in [1.29, 1.82) is 0 Å². The monoisotopic (exact) mass is 272 g/mol. The minimum absolute atomic E-state index is 0.593. The molecular formula is C7H4F3I. The Balaban J connectivity index is 3.06. The molecule has 0 amide bonds. The van der Waals surface area contributed by atoms with Gasteiger partial charge in [0.05, 0.1) is 5.56 Å². The fourth-order valence-corrected chi connectivity index (χ4v) is 1.21. The van der Waals surface area contributed by atoms with Gasteiger partial charge in [-0.15, -0.1) is 0 Å². The molecule has 0 aliphatic heterocycles. The molecule has 4 heteroatoms. The summed E-state index contributed by atoms with van der Waals surface area (Å²) in [6.45, 7) is 0. The van der Waals surface area contributed by atoms with E-state index in [1.165, 1.54) is 6.07 Å². The van der Waals surface area contributed by atoms with E-state index in [9.17, 15) is 13.2 Å². The highest BCUT2D eigenvalue weighted by atomic mass is 127. The number of rotatable bonds is 0. The summed E-state index contributed by atoms with van der Waals surface area (Å²) in [5.74, 6) is 0. The van der Waals surface area contributed by atoms with Gasteiger partial charge in [0, 0.05) is 3.57 Å². The zero-order valence-electron chi connectivity index (χ0n) is 5.32. The van der Waals surface area contributed by atoms with Crippen LogP contribution in [0.1, 0.15) is 5.56 Å². The maximum Gasteiger partial charge on any atom is 0.416 e. The standard InChI is InChI=1S/C7H4F3I/c8-7(9,10)5-2-1-3-6(11)4-5/h1-4H. The van der Waals surface area contributed by atoms with Crippen LogP contribution in [0.3, 0.4) is 0 Å². The fourth-order valence-electron chi connectivity index (χ4n) is 0.665. The molecule has 0 saturated heterocycles. The molecule has 0 bridgehead atoms. The normalized spacial score (nSPS) is 11.6. The van der Waals surface area contributed by atoms with E-state index in [1.54, 1.807) is 6.07 Å². The average molecular weight is 272 g/mol. The lowest BCUT2D eigenvalue weighted by atomic mass is 10.2. The van der Waals surface area contributed by atoms with Gasteiger partial charge < -0.3 is 0 Å². The summed E-state index contributed by atoms with van der Waals surface area (Å²) < 4.78 is 36.5. The summed E-state index contributed by atoms with van der Waals surface area (Å²) >= 11 is 1.85. The number of benzene rings is 1. The van der Waals surface area contributed by atoms with E-state index in [0.29, 0.717) is 3.57 Å². The van der Waals surface area contributed by atoms with Crippen molar-refractivity contribution in [3.63, 3.8) is 0 Å². The third kappa shape index (κ3) is 2.36. The topological polar surface area (TPSA) is 0 Å². The van der Waals surface area contributed by atoms with Crippen molar-refractivity contribution in [2.45, 2.75) is 6.18 Å². The SMILES string of the molecule is FC(F)(F)c1cccc(I)c1. The van der Waals surface area contributed by atoms with Crippen molar-refractivity contribution >= 4 is 22.6 Å². The molecular weight excluding hydrogens is 268 g/mol. The van der Waals surface area contributed by atoms with Crippen molar-refractivity contribution in [1.82, 2.24) is 0 Å². The maximum absolute atomic E-state index is 12.0. The fraction of sp³-hybridized carbons (Fsp3) is 0.143. The van der Waals surface area contributed by atoms with Crippen LogP contribution in [0, 0.1) is 3.57 Å². The first-order chi connectivity index (χ1) is 5.00. The van der Waals surface area contributed by atoms with Gasteiger partial charge in [-0.1, -0.05) is 6.07 Å². The van der Waals surface area contributed by atoms with E-state index in [0.717, 1.165) is 12.1 Å². The molecule has 60 valence electrons. The second-order valence-corrected chi connectivity index (χ2v) is 3.25. The molecule has 11 heavy (non-hydrogen) atoms. The van der Waals surface area contributed by atoms with E-state index in [2.05, 4.69) is 0 Å². The van der Waals surface area contributed by atoms with Crippen molar-refractivity contribution in [2.75, 3.05) is 0 Å². The summed E-state index contributed by atoms with van der Waals surface area (Å²) in [6.07, 6.45) is -4.22. The lowest BCUT2D eigenvalue weighted by Gasteiger charge is -2.05. The quantitative estimate of drug-likeness (QED) is 0.635. The molecule has 0 N–H and O–H groups in total. The molecule has 1 aromatic rings. The van der Waals surface area contributed by atoms with Crippen LogP contribution in [0.15, 0.2) is 24.3 Å². The highest BCUT2D eigenvalue weighted by Crippen LogP contribution is 2.29. The molecule has 0 heterocycles. The molecule has 0 unspecified atom stereocenters. The predicted octanol–water partition coefficient (Wildman–Crippen LogP) is 3.31. The lowest BCUT2D eigenvalue weighted by Crippen LogP contribution is -2.04. The van der Waals surface area contributed by atoms with E-state index in [-0.39, 0.29) is 0 Å². The molecule has 1 rings (SSSR count). The summed E-state index contributed by atoms with van der Waals surface area (Å²) in [4.78, 5) is 0. The van der Waals surface area contributed by atoms with Gasteiger partial charge in [0.25, 0.3) is 0 Å². The average Bonchev–Trinajstić information content (AvgIpc) is 1.86. The largest absolute Gasteiger partial charge is 0.416 e. The zero-order chi connectivity index (χ0) is 8.48. The van der Waals surface area contributed by atoms with Crippen LogP contribution in [-0.2, 0) is 6.18 Å².